The number of imidazole rings is 1. The lowest BCUT2D eigenvalue weighted by Crippen LogP contribution is -2.47. The summed E-state index contributed by atoms with van der Waals surface area (Å²) in [5.74, 6) is -0.579. The number of carbonyl (C=O) groups is 2. The van der Waals surface area contributed by atoms with Gasteiger partial charge in [-0.25, -0.2) is 9.78 Å². The SMILES string of the molecule is COC(=O)C(Cc1cn(Cc2ccccc2)cn1)NC(=O)C1CCN(C)CC1. The average Bonchev–Trinajstić information content (AvgIpc) is 3.15. The molecular formula is C21H28N4O3. The Morgan fingerprint density at radius 3 is 2.64 bits per heavy atom. The third-order valence-corrected chi connectivity index (χ3v) is 5.20. The summed E-state index contributed by atoms with van der Waals surface area (Å²) in [4.78, 5) is 31.4. The van der Waals surface area contributed by atoms with Crippen molar-refractivity contribution >= 4 is 11.9 Å². The van der Waals surface area contributed by atoms with E-state index in [1.165, 1.54) is 12.7 Å². The molecular weight excluding hydrogens is 356 g/mol. The topological polar surface area (TPSA) is 76.5 Å². The summed E-state index contributed by atoms with van der Waals surface area (Å²) in [7, 11) is 3.39. The van der Waals surface area contributed by atoms with E-state index in [-0.39, 0.29) is 11.8 Å². The maximum atomic E-state index is 12.6. The summed E-state index contributed by atoms with van der Waals surface area (Å²) in [6.07, 6.45) is 5.58. The number of piperidine rings is 1. The van der Waals surface area contributed by atoms with Crippen LogP contribution < -0.4 is 5.32 Å². The first kappa shape index (κ1) is 20.1. The summed E-state index contributed by atoms with van der Waals surface area (Å²) in [5, 5.41) is 2.88. The van der Waals surface area contributed by atoms with Crippen molar-refractivity contribution in [1.82, 2.24) is 19.8 Å². The lowest BCUT2D eigenvalue weighted by molar-refractivity contribution is -0.145. The summed E-state index contributed by atoms with van der Waals surface area (Å²) >= 11 is 0. The standard InChI is InChI=1S/C21H28N4O3/c1-24-10-8-17(9-11-24)20(26)23-19(21(27)28-2)12-18-14-25(15-22-18)13-16-6-4-3-5-7-16/h3-7,14-15,17,19H,8-13H2,1-2H3,(H,23,26). The van der Waals surface area contributed by atoms with E-state index in [0.29, 0.717) is 13.0 Å². The minimum absolute atomic E-state index is 0.0565. The van der Waals surface area contributed by atoms with Gasteiger partial charge in [0.05, 0.1) is 19.1 Å². The molecule has 0 bridgehead atoms. The second-order valence-corrected chi connectivity index (χ2v) is 7.39. The van der Waals surface area contributed by atoms with E-state index in [9.17, 15) is 9.59 Å². The maximum Gasteiger partial charge on any atom is 0.328 e. The second kappa shape index (κ2) is 9.50. The first-order valence-electron chi connectivity index (χ1n) is 9.66. The van der Waals surface area contributed by atoms with Gasteiger partial charge in [0.15, 0.2) is 0 Å². The number of rotatable bonds is 7. The van der Waals surface area contributed by atoms with Crippen molar-refractivity contribution in [2.75, 3.05) is 27.2 Å². The van der Waals surface area contributed by atoms with E-state index in [1.807, 2.05) is 29.0 Å². The molecule has 28 heavy (non-hydrogen) atoms. The van der Waals surface area contributed by atoms with Crippen LogP contribution in [-0.2, 0) is 27.3 Å². The van der Waals surface area contributed by atoms with Crippen molar-refractivity contribution in [2.45, 2.75) is 31.8 Å². The fraction of sp³-hybridized carbons (Fsp3) is 0.476. The van der Waals surface area contributed by atoms with E-state index in [2.05, 4.69) is 34.4 Å². The van der Waals surface area contributed by atoms with Gasteiger partial charge in [-0.3, -0.25) is 4.79 Å². The summed E-state index contributed by atoms with van der Waals surface area (Å²) in [6, 6.07) is 9.36. The van der Waals surface area contributed by atoms with Crippen molar-refractivity contribution in [2.24, 2.45) is 5.92 Å². The molecule has 1 amide bonds. The van der Waals surface area contributed by atoms with Crippen LogP contribution in [0.3, 0.4) is 0 Å². The summed E-state index contributed by atoms with van der Waals surface area (Å²) < 4.78 is 6.87. The quantitative estimate of drug-likeness (QED) is 0.732. The number of nitrogens with one attached hydrogen (secondary N) is 1. The molecule has 0 radical (unpaired) electrons. The third-order valence-electron chi connectivity index (χ3n) is 5.20. The number of methoxy groups -OCH3 is 1. The first-order chi connectivity index (χ1) is 13.5. The Morgan fingerprint density at radius 1 is 1.25 bits per heavy atom. The number of amides is 1. The van der Waals surface area contributed by atoms with Gasteiger partial charge in [-0.1, -0.05) is 30.3 Å². The second-order valence-electron chi connectivity index (χ2n) is 7.39. The molecule has 1 aromatic carbocycles. The molecule has 1 saturated heterocycles. The van der Waals surface area contributed by atoms with Gasteiger partial charge in [0.25, 0.3) is 0 Å². The zero-order valence-corrected chi connectivity index (χ0v) is 16.5. The minimum Gasteiger partial charge on any atom is -0.467 e. The highest BCUT2D eigenvalue weighted by molar-refractivity contribution is 5.86. The van der Waals surface area contributed by atoms with Crippen molar-refractivity contribution in [1.29, 1.82) is 0 Å². The highest BCUT2D eigenvalue weighted by Gasteiger charge is 2.28. The number of ether oxygens (including phenoxy) is 1. The molecule has 150 valence electrons. The van der Waals surface area contributed by atoms with Gasteiger partial charge in [-0.2, -0.15) is 0 Å². The van der Waals surface area contributed by atoms with E-state index in [4.69, 9.17) is 4.74 Å². The molecule has 0 saturated carbocycles. The zero-order valence-electron chi connectivity index (χ0n) is 16.5. The Morgan fingerprint density at radius 2 is 1.96 bits per heavy atom. The highest BCUT2D eigenvalue weighted by atomic mass is 16.5. The molecule has 2 aromatic rings. The third kappa shape index (κ3) is 5.42. The normalized spacial score (nSPS) is 16.5. The van der Waals surface area contributed by atoms with E-state index in [1.54, 1.807) is 6.33 Å². The van der Waals surface area contributed by atoms with Crippen LogP contribution in [0.15, 0.2) is 42.9 Å². The molecule has 0 spiro atoms. The molecule has 7 heteroatoms. The first-order valence-corrected chi connectivity index (χ1v) is 9.66. The number of hydrogen-bond acceptors (Lipinski definition) is 5. The number of esters is 1. The molecule has 1 atom stereocenters. The predicted molar refractivity (Wildman–Crippen MR) is 106 cm³/mol. The highest BCUT2D eigenvalue weighted by Crippen LogP contribution is 2.16. The van der Waals surface area contributed by atoms with Gasteiger partial charge >= 0.3 is 5.97 Å². The number of aromatic nitrogens is 2. The van der Waals surface area contributed by atoms with E-state index in [0.717, 1.165) is 31.6 Å². The Hall–Kier alpha value is -2.67. The molecule has 1 aromatic heterocycles. The molecule has 1 aliphatic rings. The largest absolute Gasteiger partial charge is 0.467 e. The van der Waals surface area contributed by atoms with Crippen molar-refractivity contribution in [3.05, 3.63) is 54.1 Å². The van der Waals surface area contributed by atoms with E-state index < -0.39 is 12.0 Å². The van der Waals surface area contributed by atoms with E-state index >= 15 is 0 Å². The Balaban J connectivity index is 1.61. The zero-order chi connectivity index (χ0) is 19.9. The molecule has 0 aliphatic carbocycles. The van der Waals surface area contributed by atoms with Gasteiger partial charge in [-0.05, 0) is 38.5 Å². The van der Waals surface area contributed by atoms with Gasteiger partial charge in [0.2, 0.25) is 5.91 Å². The van der Waals surface area contributed by atoms with Crippen LogP contribution in [0.25, 0.3) is 0 Å². The molecule has 1 unspecified atom stereocenters. The summed E-state index contributed by atoms with van der Waals surface area (Å²) in [5.41, 5.74) is 1.92. The lowest BCUT2D eigenvalue weighted by Gasteiger charge is -2.29. The lowest BCUT2D eigenvalue weighted by atomic mass is 9.95. The molecule has 2 heterocycles. The smallest absolute Gasteiger partial charge is 0.328 e. The molecule has 1 fully saturated rings. The average molecular weight is 384 g/mol. The van der Waals surface area contributed by atoms with Crippen LogP contribution in [-0.4, -0.2) is 59.6 Å². The van der Waals surface area contributed by atoms with Gasteiger partial charge in [0, 0.05) is 25.1 Å². The maximum absolute atomic E-state index is 12.6. The fourth-order valence-electron chi connectivity index (χ4n) is 3.50. The molecule has 1 aliphatic heterocycles. The number of hydrogen-bond donors (Lipinski definition) is 1. The minimum atomic E-state index is -0.725. The van der Waals surface area contributed by atoms with Crippen LogP contribution in [0.4, 0.5) is 0 Å². The van der Waals surface area contributed by atoms with Crippen LogP contribution in [0.5, 0.6) is 0 Å². The monoisotopic (exact) mass is 384 g/mol. The number of nitrogens with zero attached hydrogens (tertiary/aromatic N) is 3. The predicted octanol–water partition coefficient (Wildman–Crippen LogP) is 1.47. The Labute approximate surface area is 165 Å². The summed E-state index contributed by atoms with van der Waals surface area (Å²) in [6.45, 7) is 2.49. The number of benzene rings is 1. The van der Waals surface area contributed by atoms with Crippen molar-refractivity contribution in [3.8, 4) is 0 Å². The van der Waals surface area contributed by atoms with Gasteiger partial charge < -0.3 is 19.5 Å². The van der Waals surface area contributed by atoms with Crippen LogP contribution >= 0.6 is 0 Å². The Kier molecular flexibility index (Phi) is 6.81. The van der Waals surface area contributed by atoms with Crippen LogP contribution in [0.1, 0.15) is 24.1 Å². The van der Waals surface area contributed by atoms with Crippen molar-refractivity contribution in [3.63, 3.8) is 0 Å². The molecule has 3 rings (SSSR count). The van der Waals surface area contributed by atoms with Crippen molar-refractivity contribution < 1.29 is 14.3 Å². The Bertz CT molecular complexity index is 782. The fourth-order valence-corrected chi connectivity index (χ4v) is 3.50. The van der Waals surface area contributed by atoms with Gasteiger partial charge in [0.1, 0.15) is 6.04 Å². The van der Waals surface area contributed by atoms with Gasteiger partial charge in [-0.15, -0.1) is 0 Å². The molecule has 7 nitrogen and oxygen atoms in total. The number of likely N-dealkylation sites (tertiary alicyclic amines) is 1. The van der Waals surface area contributed by atoms with Crippen LogP contribution in [0, 0.1) is 5.92 Å². The van der Waals surface area contributed by atoms with Crippen LogP contribution in [0.2, 0.25) is 0 Å². The molecule has 1 N–H and O–H groups in total. The number of carbonyl (C=O) groups excluding carboxylic acids is 2.